The molecule has 8 fully saturated rings. The number of nitrogens with two attached hydrogens (primary N) is 1. The molecule has 11 heteroatoms. The number of aliphatic hydroxyl groups is 4. The summed E-state index contributed by atoms with van der Waals surface area (Å²) in [5.41, 5.74) is 9.23. The molecule has 22 atom stereocenters. The summed E-state index contributed by atoms with van der Waals surface area (Å²) in [4.78, 5) is 33.9. The number of benzene rings is 2. The van der Waals surface area contributed by atoms with Crippen LogP contribution in [0.25, 0.3) is 0 Å². The van der Waals surface area contributed by atoms with Crippen molar-refractivity contribution in [2.24, 2.45) is 92.7 Å². The van der Waals surface area contributed by atoms with Gasteiger partial charge in [0.15, 0.2) is 11.6 Å². The topological polar surface area (TPSA) is 198 Å². The van der Waals surface area contributed by atoms with Crippen molar-refractivity contribution in [3.05, 3.63) is 94.1 Å². The molecule has 0 aromatic heterocycles. The standard InChI is InChI=1S/C73H101N3O8/c1-41(2)28-42-29-46(33-49(74)31-42)51-12-9-13-54(51)69(5)65(84-69)63(81)53-20-19-52-45(38-77)16-15-44-17-18-47(39-78)73-35-56-64-68(4)58-14-10-25-70(64,24-8-7-23-67(3,83)40-76-56)66(82)72(58,48-30-43(37-75-6)32-50(79)34-48)27-11-26-71(73)36-57(80)62(61(53)60(44)52)55(71)21-22-59(68)73/h10,14,19-20,29-34,41,44-45,47,51-54,56,58-61,63-65,75-79,81,83H,7-9,11-13,15-18,21-28,35-40,74H2,1-6H3. The Morgan fingerprint density at radius 3 is 2.45 bits per heavy atom. The van der Waals surface area contributed by atoms with Crippen LogP contribution >= 0.6 is 0 Å². The molecule has 11 nitrogen and oxygen atoms in total. The van der Waals surface area contributed by atoms with Gasteiger partial charge in [-0.3, -0.25) is 9.59 Å². The number of ether oxygens (including phenoxy) is 1. The fraction of sp³-hybridized carbons (Fsp3) is 0.726. The number of hydrogen-bond acceptors (Lipinski definition) is 11. The number of ketones is 2. The molecule has 9 N–H and O–H groups in total. The van der Waals surface area contributed by atoms with Gasteiger partial charge in [0.1, 0.15) is 11.9 Å². The number of carbonyl (C=O) groups is 2. The predicted octanol–water partition coefficient (Wildman–Crippen LogP) is 11.0. The number of allylic oxidation sites excluding steroid dienone is 5. The third-order valence-electron chi connectivity index (χ3n) is 27.3. The Kier molecular flexibility index (Phi) is 14.3. The quantitative estimate of drug-likeness (QED) is 0.0605. The lowest BCUT2D eigenvalue weighted by Crippen LogP contribution is -2.77. The van der Waals surface area contributed by atoms with Crippen LogP contribution in [0.2, 0.25) is 0 Å². The molecule has 9 bridgehead atoms. The van der Waals surface area contributed by atoms with Gasteiger partial charge in [-0.25, -0.2) is 0 Å². The van der Waals surface area contributed by atoms with E-state index in [1.165, 1.54) is 16.7 Å². The first-order chi connectivity index (χ1) is 40.2. The van der Waals surface area contributed by atoms with E-state index in [0.29, 0.717) is 63.3 Å². The van der Waals surface area contributed by atoms with E-state index >= 15 is 9.59 Å². The highest BCUT2D eigenvalue weighted by atomic mass is 16.6. The smallest absolute Gasteiger partial charge is 0.160 e. The third kappa shape index (κ3) is 8.18. The molecule has 22 unspecified atom stereocenters. The summed E-state index contributed by atoms with van der Waals surface area (Å²) in [5, 5.41) is 69.1. The number of carbonyl (C=O) groups excluding carboxylic acids is 2. The number of Topliss-reactive ketones (excluding diaryl/α,β-unsaturated/α-hetero) is 2. The van der Waals surface area contributed by atoms with E-state index in [-0.39, 0.29) is 102 Å². The second-order valence-corrected chi connectivity index (χ2v) is 31.6. The van der Waals surface area contributed by atoms with Crippen LogP contribution in [0, 0.1) is 92.7 Å². The van der Waals surface area contributed by atoms with E-state index in [1.54, 1.807) is 0 Å². The van der Waals surface area contributed by atoms with Gasteiger partial charge in [0.2, 0.25) is 0 Å². The van der Waals surface area contributed by atoms with E-state index in [1.807, 2.05) is 26.1 Å². The summed E-state index contributed by atoms with van der Waals surface area (Å²) in [6.45, 7) is 12.3. The Morgan fingerprint density at radius 1 is 0.857 bits per heavy atom. The molecule has 2 aromatic rings. The average molecular weight is 1150 g/mol. The maximum Gasteiger partial charge on any atom is 0.160 e. The molecular weight excluding hydrogens is 1050 g/mol. The Bertz CT molecular complexity index is 3040. The number of anilines is 1. The van der Waals surface area contributed by atoms with Crippen LogP contribution in [0.15, 0.2) is 71.8 Å². The Balaban J connectivity index is 0.952. The first kappa shape index (κ1) is 58.0. The number of epoxide rings is 1. The van der Waals surface area contributed by atoms with Gasteiger partial charge in [-0.15, -0.1) is 0 Å². The van der Waals surface area contributed by atoms with Gasteiger partial charge in [-0.05, 0) is 251 Å². The first-order valence-corrected chi connectivity index (χ1v) is 33.8. The second-order valence-electron chi connectivity index (χ2n) is 31.6. The highest BCUT2D eigenvalue weighted by Crippen LogP contribution is 2.83. The van der Waals surface area contributed by atoms with Crippen LogP contribution in [0.3, 0.4) is 0 Å². The van der Waals surface area contributed by atoms with Crippen LogP contribution in [-0.4, -0.2) is 93.4 Å². The van der Waals surface area contributed by atoms with E-state index in [2.05, 4.69) is 86.9 Å². The molecule has 2 aromatic carbocycles. The number of phenols is 1. The lowest BCUT2D eigenvalue weighted by molar-refractivity contribution is -0.244. The summed E-state index contributed by atoms with van der Waals surface area (Å²) in [6.07, 6.45) is 24.2. The largest absolute Gasteiger partial charge is 0.508 e. The zero-order valence-electron chi connectivity index (χ0n) is 51.5. The molecule has 15 rings (SSSR count). The van der Waals surface area contributed by atoms with Crippen molar-refractivity contribution < 1.29 is 39.9 Å². The highest BCUT2D eigenvalue weighted by Gasteiger charge is 2.81. The van der Waals surface area contributed by atoms with Gasteiger partial charge in [0.25, 0.3) is 0 Å². The maximum atomic E-state index is 17.2. The van der Waals surface area contributed by atoms with E-state index < -0.39 is 50.5 Å². The number of β-amino-alcohol motifs (C(OH)–C–C–N with tert-alkyl or cyclic N) is 1. The lowest BCUT2D eigenvalue weighted by atomic mass is 9.28. The number of fused-ring (bicyclic) bond motifs is 2. The fourth-order valence-electron chi connectivity index (χ4n) is 24.7. The molecule has 6 saturated carbocycles. The normalized spacial score (nSPS) is 46.8. The SMILES string of the molecule is CNCc1cc(O)cc(C23CCCC45CC(=O)C6=C4CCC4C7(C)C8C(CC45C(CO)CCC4CCC(CO)C5C=CC(C(O)C9OC9(C)C9CCCC9c9cc(N)cc(CC(C)C)c9)C6C45)NCC(C)(O)CCCCC8(CC=CC27)C3=O)c1. The fourth-order valence-corrected chi connectivity index (χ4v) is 24.7. The molecule has 84 heavy (non-hydrogen) atoms. The number of aliphatic hydroxyl groups excluding tert-OH is 3. The molecule has 2 heterocycles. The zero-order chi connectivity index (χ0) is 58.7. The molecule has 0 amide bonds. The predicted molar refractivity (Wildman–Crippen MR) is 327 cm³/mol. The Morgan fingerprint density at radius 2 is 1.67 bits per heavy atom. The molecular formula is C73H101N3O8. The highest BCUT2D eigenvalue weighted by molar-refractivity contribution is 6.01. The van der Waals surface area contributed by atoms with Gasteiger partial charge in [0, 0.05) is 61.2 Å². The van der Waals surface area contributed by atoms with E-state index in [9.17, 15) is 25.5 Å². The van der Waals surface area contributed by atoms with Crippen LogP contribution in [0.4, 0.5) is 5.69 Å². The van der Waals surface area contributed by atoms with Gasteiger partial charge in [-0.2, -0.15) is 0 Å². The molecule has 0 radical (unpaired) electrons. The number of phenolic OH excluding ortho intramolecular Hbond substituents is 1. The van der Waals surface area contributed by atoms with Crippen LogP contribution in [0.5, 0.6) is 5.75 Å². The van der Waals surface area contributed by atoms with E-state index in [4.69, 9.17) is 10.5 Å². The lowest BCUT2D eigenvalue weighted by Gasteiger charge is -2.75. The summed E-state index contributed by atoms with van der Waals surface area (Å²) < 4.78 is 7.06. The van der Waals surface area contributed by atoms with Crippen molar-refractivity contribution in [3.63, 3.8) is 0 Å². The van der Waals surface area contributed by atoms with Crippen molar-refractivity contribution in [2.45, 2.75) is 210 Å². The number of rotatable bonds is 11. The minimum absolute atomic E-state index is 0.00895. The third-order valence-corrected chi connectivity index (χ3v) is 27.3. The monoisotopic (exact) mass is 1150 g/mol. The zero-order valence-corrected chi connectivity index (χ0v) is 51.5. The van der Waals surface area contributed by atoms with Crippen molar-refractivity contribution in [2.75, 3.05) is 32.5 Å². The first-order valence-electron chi connectivity index (χ1n) is 33.8. The number of nitrogen functional groups attached to an aromatic ring is 1. The molecule has 2 aliphatic heterocycles. The van der Waals surface area contributed by atoms with Crippen LogP contribution < -0.4 is 16.4 Å². The number of nitrogens with one attached hydrogen (secondary N) is 2. The molecule has 11 aliphatic carbocycles. The minimum Gasteiger partial charge on any atom is -0.508 e. The van der Waals surface area contributed by atoms with Crippen molar-refractivity contribution in [1.82, 2.24) is 10.6 Å². The van der Waals surface area contributed by atoms with Crippen molar-refractivity contribution in [3.8, 4) is 5.75 Å². The van der Waals surface area contributed by atoms with Crippen molar-refractivity contribution >= 4 is 17.3 Å². The number of hydrogen-bond donors (Lipinski definition) is 8. The maximum absolute atomic E-state index is 17.2. The molecule has 13 aliphatic rings. The summed E-state index contributed by atoms with van der Waals surface area (Å²) >= 11 is 0. The van der Waals surface area contributed by atoms with Gasteiger partial charge >= 0.3 is 0 Å². The van der Waals surface area contributed by atoms with Gasteiger partial charge in [0.05, 0.1) is 22.7 Å². The Labute approximate surface area is 500 Å². The second kappa shape index (κ2) is 20.7. The summed E-state index contributed by atoms with van der Waals surface area (Å²) in [7, 11) is 1.93. The minimum atomic E-state index is -0.960. The van der Waals surface area contributed by atoms with Gasteiger partial charge < -0.3 is 46.6 Å². The van der Waals surface area contributed by atoms with Gasteiger partial charge in [-0.1, -0.05) is 88.5 Å². The van der Waals surface area contributed by atoms with Crippen LogP contribution in [0.1, 0.15) is 185 Å². The van der Waals surface area contributed by atoms with Crippen molar-refractivity contribution in [1.29, 1.82) is 0 Å². The molecule has 2 saturated heterocycles. The molecule has 3 spiro atoms. The Hall–Kier alpha value is -3.68. The summed E-state index contributed by atoms with van der Waals surface area (Å²) in [5.74, 6) is 0.973. The summed E-state index contributed by atoms with van der Waals surface area (Å²) in [6, 6.07) is 12.5. The average Bonchev–Trinajstić information content (AvgIpc) is 1.22. The molecule has 456 valence electrons. The van der Waals surface area contributed by atoms with E-state index in [0.717, 1.165) is 112 Å². The van der Waals surface area contributed by atoms with Crippen LogP contribution in [-0.2, 0) is 32.7 Å². The number of aromatic hydroxyl groups is 1.